The Kier molecular flexibility index (Phi) is 6.59. The molecule has 0 spiro atoms. The predicted octanol–water partition coefficient (Wildman–Crippen LogP) is 4.46. The zero-order valence-corrected chi connectivity index (χ0v) is 13.5. The number of hydrogen-bond acceptors (Lipinski definition) is 0. The molecule has 1 heteroatoms. The molecule has 20 heavy (non-hydrogen) atoms. The first-order valence-corrected chi connectivity index (χ1v) is 8.74. The van der Waals surface area contributed by atoms with Gasteiger partial charge in [-0.3, -0.25) is 0 Å². The lowest BCUT2D eigenvalue weighted by molar-refractivity contribution is -0.804. The van der Waals surface area contributed by atoms with Crippen molar-refractivity contribution >= 4 is 5.69 Å². The second-order valence-electron chi connectivity index (χ2n) is 6.53. The average Bonchev–Trinajstić information content (AvgIpc) is 2.79. The number of nitrogens with one attached hydrogen (secondary N) is 1. The first kappa shape index (κ1) is 15.6. The molecule has 0 bridgehead atoms. The zero-order chi connectivity index (χ0) is 14.2. The van der Waals surface area contributed by atoms with Gasteiger partial charge in [-0.2, -0.15) is 0 Å². The van der Waals surface area contributed by atoms with Crippen LogP contribution in [0.25, 0.3) is 0 Å². The van der Waals surface area contributed by atoms with Gasteiger partial charge in [0.15, 0.2) is 0 Å². The first-order valence-electron chi connectivity index (χ1n) is 8.74. The van der Waals surface area contributed by atoms with Gasteiger partial charge in [0.25, 0.3) is 0 Å². The molecule has 0 saturated carbocycles. The third-order valence-corrected chi connectivity index (χ3v) is 4.82. The van der Waals surface area contributed by atoms with E-state index in [-0.39, 0.29) is 0 Å². The van der Waals surface area contributed by atoms with E-state index in [0.717, 1.165) is 5.92 Å². The summed E-state index contributed by atoms with van der Waals surface area (Å²) in [5.74, 6) is 0.811. The molecule has 0 saturated heterocycles. The summed E-state index contributed by atoms with van der Waals surface area (Å²) in [5.41, 5.74) is 3.16. The van der Waals surface area contributed by atoms with E-state index in [4.69, 9.17) is 0 Å². The smallest absolute Gasteiger partial charge is 0.134 e. The van der Waals surface area contributed by atoms with Gasteiger partial charge in [0.05, 0.1) is 13.6 Å². The van der Waals surface area contributed by atoms with E-state index in [0.29, 0.717) is 0 Å². The van der Waals surface area contributed by atoms with Crippen molar-refractivity contribution in [2.24, 2.45) is 0 Å². The summed E-state index contributed by atoms with van der Waals surface area (Å²) in [6.07, 6.45) is 12.8. The molecular weight excluding hydrogens is 242 g/mol. The van der Waals surface area contributed by atoms with Crippen LogP contribution in [-0.4, -0.2) is 13.6 Å². The van der Waals surface area contributed by atoms with Crippen LogP contribution in [0, 0.1) is 0 Å². The molecule has 2 unspecified atom stereocenters. The van der Waals surface area contributed by atoms with Crippen molar-refractivity contribution in [1.82, 2.24) is 0 Å². The predicted molar refractivity (Wildman–Crippen MR) is 87.8 cm³/mol. The number of benzene rings is 1. The molecular formula is C19H32N+. The normalized spacial score (nSPS) is 21.1. The van der Waals surface area contributed by atoms with Crippen LogP contribution in [0.5, 0.6) is 0 Å². The van der Waals surface area contributed by atoms with E-state index in [9.17, 15) is 0 Å². The standard InChI is InChI=1S/C19H31N/c1-3-4-5-6-7-8-9-10-13-17-16-20(2)19-15-12-11-14-18(17)19/h11-12,14-15,17H,3-10,13,16H2,1-2H3/p+1. The van der Waals surface area contributed by atoms with Crippen LogP contribution in [0.1, 0.15) is 76.2 Å². The van der Waals surface area contributed by atoms with E-state index < -0.39 is 0 Å². The highest BCUT2D eigenvalue weighted by Gasteiger charge is 2.29. The van der Waals surface area contributed by atoms with Crippen molar-refractivity contribution in [1.29, 1.82) is 0 Å². The van der Waals surface area contributed by atoms with E-state index in [1.807, 2.05) is 0 Å². The largest absolute Gasteiger partial charge is 0.304 e. The van der Waals surface area contributed by atoms with Crippen LogP contribution in [0.3, 0.4) is 0 Å². The SMILES string of the molecule is CCCCCCCCCCC1C[NH+](C)c2ccccc21. The fraction of sp³-hybridized carbons (Fsp3) is 0.684. The number of hydrogen-bond donors (Lipinski definition) is 1. The number of para-hydroxylation sites is 1. The second kappa shape index (κ2) is 8.46. The fourth-order valence-electron chi connectivity index (χ4n) is 3.61. The summed E-state index contributed by atoms with van der Waals surface area (Å²) < 4.78 is 0. The minimum atomic E-state index is 0.811. The Morgan fingerprint density at radius 3 is 2.35 bits per heavy atom. The Balaban J connectivity index is 1.61. The Morgan fingerprint density at radius 2 is 1.60 bits per heavy atom. The van der Waals surface area contributed by atoms with Crippen molar-refractivity contribution < 1.29 is 4.90 Å². The molecule has 1 heterocycles. The number of likely N-dealkylation sites (N-methyl/N-ethyl adjacent to an activating group) is 1. The third-order valence-electron chi connectivity index (χ3n) is 4.82. The summed E-state index contributed by atoms with van der Waals surface area (Å²) in [6.45, 7) is 3.59. The second-order valence-corrected chi connectivity index (χ2v) is 6.53. The molecule has 1 aromatic carbocycles. The Hall–Kier alpha value is -0.820. The fourth-order valence-corrected chi connectivity index (χ4v) is 3.61. The van der Waals surface area contributed by atoms with Gasteiger partial charge in [0.1, 0.15) is 5.69 Å². The molecule has 1 N–H and O–H groups in total. The molecule has 0 amide bonds. The van der Waals surface area contributed by atoms with E-state index in [1.165, 1.54) is 70.0 Å². The number of rotatable bonds is 9. The minimum absolute atomic E-state index is 0.811. The van der Waals surface area contributed by atoms with Gasteiger partial charge < -0.3 is 4.90 Å². The quantitative estimate of drug-likeness (QED) is 0.634. The van der Waals surface area contributed by atoms with Crippen LogP contribution in [-0.2, 0) is 0 Å². The molecule has 0 aliphatic carbocycles. The molecule has 0 aromatic heterocycles. The van der Waals surface area contributed by atoms with Gasteiger partial charge >= 0.3 is 0 Å². The zero-order valence-electron chi connectivity index (χ0n) is 13.5. The van der Waals surface area contributed by atoms with Gasteiger partial charge in [0, 0.05) is 11.5 Å². The third kappa shape index (κ3) is 4.34. The van der Waals surface area contributed by atoms with Crippen LogP contribution in [0.2, 0.25) is 0 Å². The van der Waals surface area contributed by atoms with Crippen molar-refractivity contribution in [2.45, 2.75) is 70.6 Å². The van der Waals surface area contributed by atoms with Crippen molar-refractivity contribution in [3.63, 3.8) is 0 Å². The van der Waals surface area contributed by atoms with Crippen LogP contribution >= 0.6 is 0 Å². The van der Waals surface area contributed by atoms with Gasteiger partial charge in [0.2, 0.25) is 0 Å². The number of unbranched alkanes of at least 4 members (excludes halogenated alkanes) is 7. The maximum absolute atomic E-state index is 2.35. The molecule has 1 aromatic rings. The van der Waals surface area contributed by atoms with Crippen LogP contribution in [0.4, 0.5) is 5.69 Å². The first-order chi connectivity index (χ1) is 9.83. The lowest BCUT2D eigenvalue weighted by Crippen LogP contribution is -3.02. The van der Waals surface area contributed by atoms with Crippen LogP contribution in [0.15, 0.2) is 24.3 Å². The summed E-state index contributed by atoms with van der Waals surface area (Å²) >= 11 is 0. The highest BCUT2D eigenvalue weighted by Crippen LogP contribution is 2.30. The van der Waals surface area contributed by atoms with Gasteiger partial charge in [-0.1, -0.05) is 76.5 Å². The van der Waals surface area contributed by atoms with Crippen LogP contribution < -0.4 is 4.90 Å². The van der Waals surface area contributed by atoms with E-state index in [2.05, 4.69) is 38.2 Å². The molecule has 2 atom stereocenters. The Bertz CT molecular complexity index is 385. The summed E-state index contributed by atoms with van der Waals surface area (Å²) in [4.78, 5) is 1.60. The van der Waals surface area contributed by atoms with E-state index in [1.54, 1.807) is 10.5 Å². The molecule has 1 nitrogen and oxygen atoms in total. The van der Waals surface area contributed by atoms with Crippen molar-refractivity contribution in [3.8, 4) is 0 Å². The molecule has 0 radical (unpaired) electrons. The monoisotopic (exact) mass is 274 g/mol. The van der Waals surface area contributed by atoms with Crippen molar-refractivity contribution in [2.75, 3.05) is 13.6 Å². The Labute approximate surface area is 125 Å². The number of fused-ring (bicyclic) bond motifs is 1. The minimum Gasteiger partial charge on any atom is -0.304 e. The Morgan fingerprint density at radius 1 is 0.950 bits per heavy atom. The molecule has 112 valence electrons. The average molecular weight is 274 g/mol. The van der Waals surface area contributed by atoms with Crippen molar-refractivity contribution in [3.05, 3.63) is 29.8 Å². The van der Waals surface area contributed by atoms with Gasteiger partial charge in [-0.15, -0.1) is 0 Å². The lowest BCUT2D eigenvalue weighted by atomic mass is 9.94. The highest BCUT2D eigenvalue weighted by molar-refractivity contribution is 5.44. The molecule has 2 rings (SSSR count). The lowest BCUT2D eigenvalue weighted by Gasteiger charge is -2.08. The number of quaternary nitrogens is 1. The van der Waals surface area contributed by atoms with Gasteiger partial charge in [-0.25, -0.2) is 0 Å². The maximum atomic E-state index is 2.35. The summed E-state index contributed by atoms with van der Waals surface area (Å²) in [5, 5.41) is 0. The van der Waals surface area contributed by atoms with Gasteiger partial charge in [-0.05, 0) is 12.5 Å². The molecule has 0 fully saturated rings. The summed E-state index contributed by atoms with van der Waals surface area (Å²) in [7, 11) is 2.31. The highest BCUT2D eigenvalue weighted by atomic mass is 15.1. The molecule has 1 aliphatic heterocycles. The maximum Gasteiger partial charge on any atom is 0.134 e. The summed E-state index contributed by atoms with van der Waals surface area (Å²) in [6, 6.07) is 9.04. The van der Waals surface area contributed by atoms with E-state index >= 15 is 0 Å². The topological polar surface area (TPSA) is 4.44 Å². The molecule has 1 aliphatic rings.